The van der Waals surface area contributed by atoms with Gasteiger partial charge in [-0.25, -0.2) is 0 Å². The van der Waals surface area contributed by atoms with Crippen LogP contribution in [-0.2, 0) is 0 Å². The van der Waals surface area contributed by atoms with Crippen LogP contribution in [0.3, 0.4) is 0 Å². The molecule has 0 radical (unpaired) electrons. The van der Waals surface area contributed by atoms with E-state index in [9.17, 15) is 4.79 Å². The second-order valence-electron chi connectivity index (χ2n) is 3.14. The normalized spacial score (nSPS) is 16.1. The molecule has 0 spiro atoms. The molecule has 3 heteroatoms. The van der Waals surface area contributed by atoms with Gasteiger partial charge < -0.3 is 4.90 Å². The largest absolute Gasteiger partial charge is 0.364 e. The Balaban J connectivity index is 2.15. The van der Waals surface area contributed by atoms with Crippen LogP contribution in [0.4, 0.5) is 5.00 Å². The first-order chi connectivity index (χ1) is 5.81. The third-order valence-corrected chi connectivity index (χ3v) is 3.27. The fourth-order valence-corrected chi connectivity index (χ4v) is 2.09. The zero-order valence-corrected chi connectivity index (χ0v) is 7.80. The summed E-state index contributed by atoms with van der Waals surface area (Å²) in [6.07, 6.45) is 3.50. The lowest BCUT2D eigenvalue weighted by atomic mass is 10.5. The molecule has 2 rings (SSSR count). The molecule has 0 amide bonds. The summed E-state index contributed by atoms with van der Waals surface area (Å²) in [6.45, 7) is 0. The van der Waals surface area contributed by atoms with Gasteiger partial charge in [0, 0.05) is 13.1 Å². The van der Waals surface area contributed by atoms with Crippen molar-refractivity contribution in [1.82, 2.24) is 0 Å². The Labute approximate surface area is 75.8 Å². The van der Waals surface area contributed by atoms with Crippen LogP contribution in [0.2, 0.25) is 0 Å². The monoisotopic (exact) mass is 181 g/mol. The number of anilines is 1. The Hall–Kier alpha value is -0.830. The minimum absolute atomic E-state index is 0.725. The first-order valence-electron chi connectivity index (χ1n) is 4.09. The number of rotatable bonds is 3. The van der Waals surface area contributed by atoms with Gasteiger partial charge in [0.05, 0.1) is 9.88 Å². The van der Waals surface area contributed by atoms with Crippen molar-refractivity contribution in [2.75, 3.05) is 11.9 Å². The van der Waals surface area contributed by atoms with Crippen LogP contribution in [0.25, 0.3) is 0 Å². The minimum atomic E-state index is 0.725. The van der Waals surface area contributed by atoms with Gasteiger partial charge in [-0.05, 0) is 25.0 Å². The lowest BCUT2D eigenvalue weighted by molar-refractivity contribution is 0.112. The lowest BCUT2D eigenvalue weighted by Crippen LogP contribution is -2.17. The maximum Gasteiger partial charge on any atom is 0.160 e. The van der Waals surface area contributed by atoms with E-state index in [0.717, 1.165) is 17.2 Å². The van der Waals surface area contributed by atoms with Gasteiger partial charge in [-0.3, -0.25) is 4.79 Å². The van der Waals surface area contributed by atoms with Crippen molar-refractivity contribution in [2.45, 2.75) is 18.9 Å². The summed E-state index contributed by atoms with van der Waals surface area (Å²) < 4.78 is 0. The van der Waals surface area contributed by atoms with Gasteiger partial charge in [0.2, 0.25) is 0 Å². The third-order valence-electron chi connectivity index (χ3n) is 2.17. The van der Waals surface area contributed by atoms with Crippen molar-refractivity contribution >= 4 is 22.6 Å². The molecule has 0 aliphatic heterocycles. The predicted molar refractivity (Wildman–Crippen MR) is 51.1 cm³/mol. The molecular formula is C9H11NOS. The van der Waals surface area contributed by atoms with Crippen LogP contribution in [0.1, 0.15) is 22.5 Å². The van der Waals surface area contributed by atoms with E-state index in [1.807, 2.05) is 12.1 Å². The van der Waals surface area contributed by atoms with E-state index in [2.05, 4.69) is 11.9 Å². The van der Waals surface area contributed by atoms with Crippen molar-refractivity contribution in [2.24, 2.45) is 0 Å². The number of hydrogen-bond acceptors (Lipinski definition) is 3. The van der Waals surface area contributed by atoms with Crippen LogP contribution in [0, 0.1) is 0 Å². The van der Waals surface area contributed by atoms with Crippen LogP contribution in [0.15, 0.2) is 12.1 Å². The van der Waals surface area contributed by atoms with Gasteiger partial charge in [0.15, 0.2) is 6.29 Å². The SMILES string of the molecule is CN(c1ccc(C=O)s1)C1CC1. The summed E-state index contributed by atoms with van der Waals surface area (Å²) in [5, 5.41) is 1.21. The number of carbonyl (C=O) groups excluding carboxylic acids is 1. The van der Waals surface area contributed by atoms with Gasteiger partial charge in [0.1, 0.15) is 0 Å². The van der Waals surface area contributed by atoms with E-state index in [1.54, 1.807) is 11.3 Å². The Morgan fingerprint density at radius 1 is 1.58 bits per heavy atom. The van der Waals surface area contributed by atoms with Crippen molar-refractivity contribution in [3.8, 4) is 0 Å². The third kappa shape index (κ3) is 1.37. The van der Waals surface area contributed by atoms with Gasteiger partial charge in [0.25, 0.3) is 0 Å². The highest BCUT2D eigenvalue weighted by atomic mass is 32.1. The molecule has 1 aromatic heterocycles. The number of hydrogen-bond donors (Lipinski definition) is 0. The molecule has 1 heterocycles. The predicted octanol–water partition coefficient (Wildman–Crippen LogP) is 2.16. The standard InChI is InChI=1S/C9H11NOS/c1-10(7-2-3-7)9-5-4-8(6-11)12-9/h4-7H,2-3H2,1H3. The van der Waals surface area contributed by atoms with Gasteiger partial charge in [-0.15, -0.1) is 11.3 Å². The first kappa shape index (κ1) is 7.80. The topological polar surface area (TPSA) is 20.3 Å². The first-order valence-corrected chi connectivity index (χ1v) is 4.91. The van der Waals surface area contributed by atoms with Crippen LogP contribution < -0.4 is 4.90 Å². The van der Waals surface area contributed by atoms with Crippen LogP contribution in [-0.4, -0.2) is 19.4 Å². The fraction of sp³-hybridized carbons (Fsp3) is 0.444. The maximum atomic E-state index is 10.4. The van der Waals surface area contributed by atoms with E-state index < -0.39 is 0 Å². The molecule has 1 saturated carbocycles. The highest BCUT2D eigenvalue weighted by Gasteiger charge is 2.26. The molecule has 0 bridgehead atoms. The number of aldehydes is 1. The average molecular weight is 181 g/mol. The molecule has 1 aromatic rings. The summed E-state index contributed by atoms with van der Waals surface area (Å²) in [7, 11) is 2.10. The molecule has 2 nitrogen and oxygen atoms in total. The highest BCUT2D eigenvalue weighted by molar-refractivity contribution is 7.17. The summed E-state index contributed by atoms with van der Waals surface area (Å²) in [6, 6.07) is 4.63. The maximum absolute atomic E-state index is 10.4. The Morgan fingerprint density at radius 3 is 2.83 bits per heavy atom. The molecule has 0 aromatic carbocycles. The fourth-order valence-electron chi connectivity index (χ4n) is 1.24. The van der Waals surface area contributed by atoms with Crippen molar-refractivity contribution in [3.63, 3.8) is 0 Å². The Morgan fingerprint density at radius 2 is 2.33 bits per heavy atom. The quantitative estimate of drug-likeness (QED) is 0.666. The van der Waals surface area contributed by atoms with Crippen LogP contribution >= 0.6 is 11.3 Å². The van der Waals surface area contributed by atoms with Crippen LogP contribution in [0.5, 0.6) is 0 Å². The van der Waals surface area contributed by atoms with Crippen molar-refractivity contribution in [1.29, 1.82) is 0 Å². The van der Waals surface area contributed by atoms with Gasteiger partial charge >= 0.3 is 0 Å². The number of nitrogens with zero attached hydrogens (tertiary/aromatic N) is 1. The number of thiophene rings is 1. The minimum Gasteiger partial charge on any atom is -0.364 e. The zero-order valence-electron chi connectivity index (χ0n) is 6.99. The van der Waals surface area contributed by atoms with E-state index in [-0.39, 0.29) is 0 Å². The molecule has 1 aliphatic carbocycles. The summed E-state index contributed by atoms with van der Waals surface area (Å²) >= 11 is 1.57. The highest BCUT2D eigenvalue weighted by Crippen LogP contribution is 2.33. The average Bonchev–Trinajstić information content (AvgIpc) is 2.82. The van der Waals surface area contributed by atoms with Crippen molar-refractivity contribution < 1.29 is 4.79 Å². The molecule has 12 heavy (non-hydrogen) atoms. The zero-order chi connectivity index (χ0) is 8.55. The summed E-state index contributed by atoms with van der Waals surface area (Å²) in [4.78, 5) is 13.5. The second kappa shape index (κ2) is 2.90. The van der Waals surface area contributed by atoms with E-state index in [1.165, 1.54) is 17.8 Å². The molecule has 0 unspecified atom stereocenters. The summed E-state index contributed by atoms with van der Waals surface area (Å²) in [5.74, 6) is 0. The smallest absolute Gasteiger partial charge is 0.160 e. The van der Waals surface area contributed by atoms with Gasteiger partial charge in [-0.1, -0.05) is 0 Å². The Bertz CT molecular complexity index is 290. The Kier molecular flexibility index (Phi) is 1.89. The molecule has 1 aliphatic rings. The molecule has 0 atom stereocenters. The van der Waals surface area contributed by atoms with Gasteiger partial charge in [-0.2, -0.15) is 0 Å². The van der Waals surface area contributed by atoms with E-state index in [4.69, 9.17) is 0 Å². The molecule has 0 N–H and O–H groups in total. The molecule has 1 fully saturated rings. The number of carbonyl (C=O) groups is 1. The van der Waals surface area contributed by atoms with E-state index >= 15 is 0 Å². The van der Waals surface area contributed by atoms with Crippen molar-refractivity contribution in [3.05, 3.63) is 17.0 Å². The van der Waals surface area contributed by atoms with E-state index in [0.29, 0.717) is 0 Å². The molecular weight excluding hydrogens is 170 g/mol. The molecule has 0 saturated heterocycles. The second-order valence-corrected chi connectivity index (χ2v) is 4.23. The molecule has 64 valence electrons. The lowest BCUT2D eigenvalue weighted by Gasteiger charge is -2.14. The summed E-state index contributed by atoms with van der Waals surface area (Å²) in [5.41, 5.74) is 0.